The number of benzene rings is 1. The van der Waals surface area contributed by atoms with Crippen molar-refractivity contribution in [2.75, 3.05) is 6.54 Å². The van der Waals surface area contributed by atoms with E-state index in [1.165, 1.54) is 0 Å². The standard InChI is InChI=1S/C22H26ClN3O2/c1-22(2,3)12-21(27)26(14-17-7-4-5-9-19(17)23)15-18-11-20(25-28-18)16-8-6-10-24-13-16/h4-10,13,18H,11-12,14-15H2,1-3H3. The zero-order valence-corrected chi connectivity index (χ0v) is 17.3. The summed E-state index contributed by atoms with van der Waals surface area (Å²) in [6.07, 6.45) is 4.43. The largest absolute Gasteiger partial charge is 0.390 e. The van der Waals surface area contributed by atoms with E-state index in [1.807, 2.05) is 41.3 Å². The van der Waals surface area contributed by atoms with Crippen LogP contribution in [0.15, 0.2) is 53.9 Å². The van der Waals surface area contributed by atoms with Gasteiger partial charge in [0.15, 0.2) is 6.10 Å². The molecule has 0 fully saturated rings. The first-order valence-corrected chi connectivity index (χ1v) is 9.84. The number of rotatable bonds is 6. The second kappa shape index (κ2) is 8.74. The minimum Gasteiger partial charge on any atom is -0.390 e. The molecule has 148 valence electrons. The number of aromatic nitrogens is 1. The van der Waals surface area contributed by atoms with Crippen molar-refractivity contribution in [1.82, 2.24) is 9.88 Å². The lowest BCUT2D eigenvalue weighted by Crippen LogP contribution is -2.38. The van der Waals surface area contributed by atoms with Gasteiger partial charge < -0.3 is 9.74 Å². The van der Waals surface area contributed by atoms with Crippen LogP contribution < -0.4 is 0 Å². The lowest BCUT2D eigenvalue weighted by atomic mass is 9.91. The minimum atomic E-state index is -0.179. The van der Waals surface area contributed by atoms with Crippen LogP contribution in [0.3, 0.4) is 0 Å². The molecule has 1 aromatic carbocycles. The van der Waals surface area contributed by atoms with E-state index in [1.54, 1.807) is 12.4 Å². The predicted molar refractivity (Wildman–Crippen MR) is 111 cm³/mol. The number of nitrogens with zero attached hydrogens (tertiary/aromatic N) is 3. The Kier molecular flexibility index (Phi) is 6.35. The van der Waals surface area contributed by atoms with E-state index in [4.69, 9.17) is 16.4 Å². The Bertz CT molecular complexity index is 846. The molecular formula is C22H26ClN3O2. The highest BCUT2D eigenvalue weighted by Gasteiger charge is 2.29. The molecule has 5 nitrogen and oxygen atoms in total. The smallest absolute Gasteiger partial charge is 0.223 e. The lowest BCUT2D eigenvalue weighted by molar-refractivity contribution is -0.135. The number of hydrogen-bond acceptors (Lipinski definition) is 4. The molecule has 1 aliphatic rings. The number of pyridine rings is 1. The number of carbonyl (C=O) groups is 1. The van der Waals surface area contributed by atoms with Gasteiger partial charge in [0, 0.05) is 42.4 Å². The van der Waals surface area contributed by atoms with Gasteiger partial charge in [0.2, 0.25) is 5.91 Å². The predicted octanol–water partition coefficient (Wildman–Crippen LogP) is 4.69. The summed E-state index contributed by atoms with van der Waals surface area (Å²) in [7, 11) is 0. The summed E-state index contributed by atoms with van der Waals surface area (Å²) < 4.78 is 0. The summed E-state index contributed by atoms with van der Waals surface area (Å²) in [6, 6.07) is 11.5. The average molecular weight is 400 g/mol. The van der Waals surface area contributed by atoms with Crippen molar-refractivity contribution >= 4 is 23.2 Å². The summed E-state index contributed by atoms with van der Waals surface area (Å²) in [5.41, 5.74) is 2.64. The second-order valence-electron chi connectivity index (χ2n) is 8.31. The first-order valence-electron chi connectivity index (χ1n) is 9.46. The zero-order valence-electron chi connectivity index (χ0n) is 16.6. The fourth-order valence-corrected chi connectivity index (χ4v) is 3.32. The van der Waals surface area contributed by atoms with Crippen molar-refractivity contribution < 1.29 is 9.63 Å². The molecular weight excluding hydrogens is 374 g/mol. The van der Waals surface area contributed by atoms with Gasteiger partial charge in [-0.05, 0) is 29.2 Å². The molecule has 0 bridgehead atoms. The molecule has 0 spiro atoms. The second-order valence-corrected chi connectivity index (χ2v) is 8.72. The van der Waals surface area contributed by atoms with Crippen molar-refractivity contribution in [3.63, 3.8) is 0 Å². The molecule has 3 rings (SSSR count). The molecule has 0 radical (unpaired) electrons. The third-order valence-corrected chi connectivity index (χ3v) is 4.87. The maximum atomic E-state index is 13.0. The molecule has 0 aliphatic carbocycles. The van der Waals surface area contributed by atoms with Crippen molar-refractivity contribution in [2.45, 2.75) is 46.3 Å². The van der Waals surface area contributed by atoms with Crippen LogP contribution in [0.1, 0.15) is 44.7 Å². The van der Waals surface area contributed by atoms with Crippen LogP contribution >= 0.6 is 11.6 Å². The molecule has 1 aliphatic heterocycles. The summed E-state index contributed by atoms with van der Waals surface area (Å²) in [5.74, 6) is 0.0887. The van der Waals surface area contributed by atoms with Crippen molar-refractivity contribution in [3.8, 4) is 0 Å². The topological polar surface area (TPSA) is 54.8 Å². The Morgan fingerprint density at radius 2 is 2.04 bits per heavy atom. The Balaban J connectivity index is 1.71. The van der Waals surface area contributed by atoms with Crippen molar-refractivity contribution in [2.24, 2.45) is 10.6 Å². The fourth-order valence-electron chi connectivity index (χ4n) is 3.13. The van der Waals surface area contributed by atoms with Gasteiger partial charge >= 0.3 is 0 Å². The molecule has 1 atom stereocenters. The van der Waals surface area contributed by atoms with E-state index in [2.05, 4.69) is 30.9 Å². The van der Waals surface area contributed by atoms with Crippen molar-refractivity contribution in [3.05, 3.63) is 64.9 Å². The van der Waals surface area contributed by atoms with Gasteiger partial charge in [-0.15, -0.1) is 0 Å². The summed E-state index contributed by atoms with van der Waals surface area (Å²) in [6.45, 7) is 7.11. The van der Waals surface area contributed by atoms with Crippen LogP contribution in [0.2, 0.25) is 5.02 Å². The molecule has 28 heavy (non-hydrogen) atoms. The first kappa shape index (κ1) is 20.3. The van der Waals surface area contributed by atoms with E-state index < -0.39 is 0 Å². The normalized spacial score (nSPS) is 16.4. The maximum Gasteiger partial charge on any atom is 0.223 e. The average Bonchev–Trinajstić information content (AvgIpc) is 3.11. The quantitative estimate of drug-likeness (QED) is 0.707. The van der Waals surface area contributed by atoms with Gasteiger partial charge in [0.25, 0.3) is 0 Å². The van der Waals surface area contributed by atoms with Gasteiger partial charge in [-0.3, -0.25) is 9.78 Å². The van der Waals surface area contributed by atoms with Crippen LogP contribution in [0, 0.1) is 5.41 Å². The van der Waals surface area contributed by atoms with E-state index in [-0.39, 0.29) is 17.4 Å². The van der Waals surface area contributed by atoms with E-state index in [9.17, 15) is 4.79 Å². The highest BCUT2D eigenvalue weighted by atomic mass is 35.5. The summed E-state index contributed by atoms with van der Waals surface area (Å²) in [5, 5.41) is 4.87. The van der Waals surface area contributed by atoms with Gasteiger partial charge in [0.05, 0.1) is 12.3 Å². The zero-order chi connectivity index (χ0) is 20.1. The molecule has 1 aromatic heterocycles. The van der Waals surface area contributed by atoms with Crippen LogP contribution in [0.25, 0.3) is 0 Å². The lowest BCUT2D eigenvalue weighted by Gasteiger charge is -2.28. The molecule has 1 unspecified atom stereocenters. The molecule has 6 heteroatoms. The monoisotopic (exact) mass is 399 g/mol. The van der Waals surface area contributed by atoms with E-state index >= 15 is 0 Å². The molecule has 0 N–H and O–H groups in total. The number of amides is 1. The molecule has 2 heterocycles. The van der Waals surface area contributed by atoms with Crippen LogP contribution in [-0.2, 0) is 16.2 Å². The van der Waals surface area contributed by atoms with Crippen LogP contribution in [0.5, 0.6) is 0 Å². The summed E-state index contributed by atoms with van der Waals surface area (Å²) >= 11 is 6.33. The van der Waals surface area contributed by atoms with E-state index in [0.717, 1.165) is 16.8 Å². The third-order valence-electron chi connectivity index (χ3n) is 4.51. The summed E-state index contributed by atoms with van der Waals surface area (Å²) in [4.78, 5) is 24.6. The third kappa shape index (κ3) is 5.55. The number of oxime groups is 1. The van der Waals surface area contributed by atoms with Crippen LogP contribution in [0.4, 0.5) is 0 Å². The first-order chi connectivity index (χ1) is 13.3. The molecule has 0 saturated carbocycles. The number of carbonyl (C=O) groups excluding carboxylic acids is 1. The van der Waals surface area contributed by atoms with Gasteiger partial charge in [-0.25, -0.2) is 0 Å². The molecule has 0 saturated heterocycles. The Hall–Kier alpha value is -2.40. The maximum absolute atomic E-state index is 13.0. The number of halogens is 1. The Labute approximate surface area is 171 Å². The molecule has 2 aromatic rings. The highest BCUT2D eigenvalue weighted by molar-refractivity contribution is 6.31. The van der Waals surface area contributed by atoms with Crippen LogP contribution in [-0.4, -0.2) is 34.2 Å². The Morgan fingerprint density at radius 1 is 1.25 bits per heavy atom. The Morgan fingerprint density at radius 3 is 2.71 bits per heavy atom. The highest BCUT2D eigenvalue weighted by Crippen LogP contribution is 2.24. The van der Waals surface area contributed by atoms with Gasteiger partial charge in [0.1, 0.15) is 0 Å². The van der Waals surface area contributed by atoms with Crippen molar-refractivity contribution in [1.29, 1.82) is 0 Å². The van der Waals surface area contributed by atoms with Gasteiger partial charge in [-0.2, -0.15) is 0 Å². The fraction of sp³-hybridized carbons (Fsp3) is 0.409. The molecule has 1 amide bonds. The number of hydrogen-bond donors (Lipinski definition) is 0. The minimum absolute atomic E-state index is 0.0887. The SMILES string of the molecule is CC(C)(C)CC(=O)N(Cc1ccccc1Cl)CC1CC(c2cccnc2)=NO1. The van der Waals surface area contributed by atoms with E-state index in [0.29, 0.717) is 31.0 Å². The van der Waals surface area contributed by atoms with Gasteiger partial charge in [-0.1, -0.05) is 55.7 Å².